The minimum absolute atomic E-state index is 0.0706. The number of rotatable bonds is 4. The van der Waals surface area contributed by atoms with Crippen LogP contribution in [-0.2, 0) is 16.8 Å². The predicted octanol–water partition coefficient (Wildman–Crippen LogP) is 1.99. The van der Waals surface area contributed by atoms with Crippen LogP contribution in [0.1, 0.15) is 42.5 Å². The van der Waals surface area contributed by atoms with Crippen molar-refractivity contribution >= 4 is 5.91 Å². The largest absolute Gasteiger partial charge is 0.384 e. The second-order valence-electron chi connectivity index (χ2n) is 6.25. The number of benzene rings is 1. The first kappa shape index (κ1) is 15.7. The second kappa shape index (κ2) is 6.12. The van der Waals surface area contributed by atoms with Crippen molar-refractivity contribution < 1.29 is 14.3 Å². The topological polar surface area (TPSA) is 78.0 Å². The zero-order valence-corrected chi connectivity index (χ0v) is 13.0. The fourth-order valence-corrected chi connectivity index (χ4v) is 3.03. The number of carbonyl (C=O) groups is 1. The maximum atomic E-state index is 13.0. The van der Waals surface area contributed by atoms with Gasteiger partial charge in [0.25, 0.3) is 0 Å². The molecule has 0 saturated heterocycles. The van der Waals surface area contributed by atoms with Crippen LogP contribution in [-0.4, -0.2) is 27.8 Å². The highest BCUT2D eigenvalue weighted by Gasteiger charge is 2.30. The summed E-state index contributed by atoms with van der Waals surface area (Å²) in [5, 5.41) is 20.3. The van der Waals surface area contributed by atoms with Crippen LogP contribution in [0.2, 0.25) is 0 Å². The SMILES string of the molecule is CC(O)(CNC(=O)C1CCCc2[nH]ncc21)c1ccc(F)cc1. The third-order valence-electron chi connectivity index (χ3n) is 4.44. The molecule has 1 aliphatic rings. The van der Waals surface area contributed by atoms with E-state index in [1.807, 2.05) is 0 Å². The van der Waals surface area contributed by atoms with Gasteiger partial charge < -0.3 is 10.4 Å². The Balaban J connectivity index is 1.66. The number of aliphatic hydroxyl groups is 1. The summed E-state index contributed by atoms with van der Waals surface area (Å²) in [5.41, 5.74) is 1.26. The number of hydrogen-bond acceptors (Lipinski definition) is 3. The van der Waals surface area contributed by atoms with Crippen LogP contribution in [0, 0.1) is 5.82 Å². The fraction of sp³-hybridized carbons (Fsp3) is 0.412. The smallest absolute Gasteiger partial charge is 0.227 e. The summed E-state index contributed by atoms with van der Waals surface area (Å²) in [6.07, 6.45) is 4.32. The van der Waals surface area contributed by atoms with Gasteiger partial charge in [-0.25, -0.2) is 4.39 Å². The Morgan fingerprint density at radius 3 is 2.96 bits per heavy atom. The summed E-state index contributed by atoms with van der Waals surface area (Å²) in [6.45, 7) is 1.67. The lowest BCUT2D eigenvalue weighted by molar-refractivity contribution is -0.124. The Labute approximate surface area is 133 Å². The first-order valence-corrected chi connectivity index (χ1v) is 7.75. The third-order valence-corrected chi connectivity index (χ3v) is 4.44. The number of halogens is 1. The van der Waals surface area contributed by atoms with Crippen LogP contribution in [0.4, 0.5) is 4.39 Å². The van der Waals surface area contributed by atoms with Crippen molar-refractivity contribution in [3.05, 3.63) is 53.1 Å². The molecule has 23 heavy (non-hydrogen) atoms. The number of H-pyrrole nitrogens is 1. The van der Waals surface area contributed by atoms with E-state index in [0.717, 1.165) is 30.5 Å². The van der Waals surface area contributed by atoms with Crippen LogP contribution in [0.15, 0.2) is 30.5 Å². The number of nitrogens with zero attached hydrogens (tertiary/aromatic N) is 1. The minimum atomic E-state index is -1.25. The second-order valence-corrected chi connectivity index (χ2v) is 6.25. The Morgan fingerprint density at radius 2 is 2.22 bits per heavy atom. The molecule has 3 rings (SSSR count). The summed E-state index contributed by atoms with van der Waals surface area (Å²) < 4.78 is 13.0. The van der Waals surface area contributed by atoms with Crippen LogP contribution in [0.5, 0.6) is 0 Å². The Bertz CT molecular complexity index is 694. The van der Waals surface area contributed by atoms with Gasteiger partial charge in [-0.1, -0.05) is 12.1 Å². The number of aromatic nitrogens is 2. The molecule has 0 bridgehead atoms. The predicted molar refractivity (Wildman–Crippen MR) is 83.2 cm³/mol. The lowest BCUT2D eigenvalue weighted by Gasteiger charge is -2.27. The average Bonchev–Trinajstić information content (AvgIpc) is 3.01. The molecule has 0 saturated carbocycles. The average molecular weight is 317 g/mol. The first-order valence-electron chi connectivity index (χ1n) is 7.75. The van der Waals surface area contributed by atoms with Crippen molar-refractivity contribution in [2.75, 3.05) is 6.54 Å². The third kappa shape index (κ3) is 3.27. The monoisotopic (exact) mass is 317 g/mol. The molecule has 1 heterocycles. The minimum Gasteiger partial charge on any atom is -0.384 e. The van der Waals surface area contributed by atoms with Crippen molar-refractivity contribution in [1.82, 2.24) is 15.5 Å². The van der Waals surface area contributed by atoms with E-state index in [1.165, 1.54) is 24.3 Å². The van der Waals surface area contributed by atoms with Gasteiger partial charge in [0, 0.05) is 11.3 Å². The number of aromatic amines is 1. The van der Waals surface area contributed by atoms with Gasteiger partial charge >= 0.3 is 0 Å². The van der Waals surface area contributed by atoms with Crippen molar-refractivity contribution in [2.24, 2.45) is 0 Å². The number of nitrogens with one attached hydrogen (secondary N) is 2. The molecular formula is C17H20FN3O2. The van der Waals surface area contributed by atoms with Crippen LogP contribution >= 0.6 is 0 Å². The Hall–Kier alpha value is -2.21. The molecule has 1 amide bonds. The summed E-state index contributed by atoms with van der Waals surface area (Å²) in [5.74, 6) is -0.709. The standard InChI is InChI=1S/C17H20FN3O2/c1-17(23,11-5-7-12(18)8-6-11)10-19-16(22)13-3-2-4-15-14(13)9-20-21-15/h5-9,13,23H,2-4,10H2,1H3,(H,19,22)(H,20,21). The van der Waals surface area contributed by atoms with Crippen molar-refractivity contribution in [1.29, 1.82) is 0 Å². The van der Waals surface area contributed by atoms with Crippen LogP contribution in [0.3, 0.4) is 0 Å². The van der Waals surface area contributed by atoms with E-state index in [2.05, 4.69) is 15.5 Å². The molecule has 2 aromatic rings. The molecule has 2 atom stereocenters. The molecule has 1 aliphatic carbocycles. The molecule has 1 aromatic heterocycles. The quantitative estimate of drug-likeness (QED) is 0.807. The maximum Gasteiger partial charge on any atom is 0.227 e. The number of amides is 1. The van der Waals surface area contributed by atoms with Gasteiger partial charge in [-0.2, -0.15) is 5.10 Å². The van der Waals surface area contributed by atoms with Crippen molar-refractivity contribution in [3.8, 4) is 0 Å². The van der Waals surface area contributed by atoms with Crippen molar-refractivity contribution in [2.45, 2.75) is 37.7 Å². The lowest BCUT2D eigenvalue weighted by Crippen LogP contribution is -2.41. The zero-order valence-electron chi connectivity index (χ0n) is 13.0. The zero-order chi connectivity index (χ0) is 16.4. The highest BCUT2D eigenvalue weighted by molar-refractivity contribution is 5.84. The van der Waals surface area contributed by atoms with Gasteiger partial charge in [-0.05, 0) is 43.9 Å². The van der Waals surface area contributed by atoms with E-state index in [-0.39, 0.29) is 24.2 Å². The number of carbonyl (C=O) groups excluding carboxylic acids is 1. The van der Waals surface area contributed by atoms with Gasteiger partial charge in [0.1, 0.15) is 11.4 Å². The maximum absolute atomic E-state index is 13.0. The summed E-state index contributed by atoms with van der Waals surface area (Å²) in [6, 6.07) is 5.64. The molecule has 6 heteroatoms. The number of aryl methyl sites for hydroxylation is 1. The molecule has 0 spiro atoms. The summed E-state index contributed by atoms with van der Waals surface area (Å²) in [7, 11) is 0. The molecule has 0 aliphatic heterocycles. The van der Waals surface area contributed by atoms with Crippen LogP contribution in [0.25, 0.3) is 0 Å². The lowest BCUT2D eigenvalue weighted by atomic mass is 9.86. The number of hydrogen-bond donors (Lipinski definition) is 3. The molecule has 0 fully saturated rings. The van der Waals surface area contributed by atoms with E-state index in [0.29, 0.717) is 5.56 Å². The number of fused-ring (bicyclic) bond motifs is 1. The van der Waals surface area contributed by atoms with Gasteiger partial charge in [-0.15, -0.1) is 0 Å². The van der Waals surface area contributed by atoms with Crippen molar-refractivity contribution in [3.63, 3.8) is 0 Å². The molecule has 3 N–H and O–H groups in total. The Morgan fingerprint density at radius 1 is 1.48 bits per heavy atom. The Kier molecular flexibility index (Phi) is 4.17. The molecule has 2 unspecified atom stereocenters. The van der Waals surface area contributed by atoms with E-state index in [9.17, 15) is 14.3 Å². The van der Waals surface area contributed by atoms with Gasteiger partial charge in [0.05, 0.1) is 18.7 Å². The summed E-state index contributed by atoms with van der Waals surface area (Å²) >= 11 is 0. The highest BCUT2D eigenvalue weighted by atomic mass is 19.1. The van der Waals surface area contributed by atoms with E-state index in [4.69, 9.17) is 0 Å². The van der Waals surface area contributed by atoms with Gasteiger partial charge in [0.15, 0.2) is 0 Å². The normalized spacial score (nSPS) is 19.7. The summed E-state index contributed by atoms with van der Waals surface area (Å²) in [4.78, 5) is 12.5. The molecule has 1 aromatic carbocycles. The van der Waals surface area contributed by atoms with Gasteiger partial charge in [0.2, 0.25) is 5.91 Å². The van der Waals surface area contributed by atoms with Gasteiger partial charge in [-0.3, -0.25) is 9.89 Å². The first-order chi connectivity index (χ1) is 11.0. The van der Waals surface area contributed by atoms with E-state index < -0.39 is 5.60 Å². The highest BCUT2D eigenvalue weighted by Crippen LogP contribution is 2.30. The molecule has 0 radical (unpaired) electrons. The fourth-order valence-electron chi connectivity index (χ4n) is 3.03. The van der Waals surface area contributed by atoms with E-state index in [1.54, 1.807) is 13.1 Å². The molecular weight excluding hydrogens is 297 g/mol. The van der Waals surface area contributed by atoms with Crippen LogP contribution < -0.4 is 5.32 Å². The van der Waals surface area contributed by atoms with E-state index >= 15 is 0 Å². The molecule has 122 valence electrons. The molecule has 5 nitrogen and oxygen atoms in total.